The first kappa shape index (κ1) is 62.8. The zero-order valence-corrected chi connectivity index (χ0v) is 40.2. The van der Waals surface area contributed by atoms with Crippen molar-refractivity contribution < 1.29 is 128 Å². The van der Waals surface area contributed by atoms with Crippen molar-refractivity contribution in [2.45, 2.75) is 97.6 Å². The van der Waals surface area contributed by atoms with Crippen LogP contribution in [0.2, 0.25) is 0 Å². The number of aromatic amines is 1. The second-order valence-electron chi connectivity index (χ2n) is 17.5. The SMILES string of the molecule is COC(=O)c1cc(NC(=O)CCC(=O)OCC(CCOC2C(O)C(CO)OC2n2ccc(=O)[nH]c2=O)NC(F)(F)C(F)(F)C(F)(F)C(F)(F)C(F)(F)C(F)(F)C(F)(F)C(F)(F)F)ccc1-c1c2ccc(=O)cc-2oc2cc(O)ccc12. The fourth-order valence-electron chi connectivity index (χ4n) is 7.93. The molecular formula is C46H37F17N4O14. The summed E-state index contributed by atoms with van der Waals surface area (Å²) in [4.78, 5) is 77.1. The topological polar surface area (TPSA) is 258 Å². The molecule has 5 atom stereocenters. The monoisotopic (exact) mass is 1190 g/mol. The number of carbonyl (C=O) groups excluding carboxylic acids is 3. The predicted molar refractivity (Wildman–Crippen MR) is 237 cm³/mol. The molecule has 18 nitrogen and oxygen atoms in total. The maximum atomic E-state index is 15.3. The standard InChI is InChI=1S/C46H37F17N4O14/c1-77-37(75)26-14-19(2-5-23(26)33-24-6-3-21(69)15-27(24)80-28-16-22(70)4-7-25(28)33)64-30(71)8-9-32(73)79-18-20(11-13-78-35-34(74)29(17-68)81-36(35)67-12-10-31(72)65-38(67)76)66-46(62,63)44(57,58)42(53,54)40(49,50)39(47,48)41(51,52)43(55,56)45(59,60)61/h2-7,10,12,14-16,20,29,34-36,66,68-69,74H,8-9,11,13,17-18H2,1H3,(H,64,71)(H,65,72,76). The summed E-state index contributed by atoms with van der Waals surface area (Å²) in [5, 5.41) is 33.2. The van der Waals surface area contributed by atoms with Gasteiger partial charge in [0.05, 0.1) is 25.7 Å². The number of amides is 1. The third kappa shape index (κ3) is 11.6. The molecule has 0 radical (unpaired) electrons. The molecule has 1 aliphatic carbocycles. The largest absolute Gasteiger partial charge is 0.508 e. The van der Waals surface area contributed by atoms with Gasteiger partial charge in [-0.1, -0.05) is 6.07 Å². The Labute approximate surface area is 438 Å². The van der Waals surface area contributed by atoms with Gasteiger partial charge in [-0.05, 0) is 48.4 Å². The highest BCUT2D eigenvalue weighted by atomic mass is 19.4. The highest BCUT2D eigenvalue weighted by Gasteiger charge is 2.95. The lowest BCUT2D eigenvalue weighted by molar-refractivity contribution is -0.463. The van der Waals surface area contributed by atoms with Crippen LogP contribution in [-0.4, -0.2) is 142 Å². The summed E-state index contributed by atoms with van der Waals surface area (Å²) in [7, 11) is 0.982. The molecule has 2 aromatic carbocycles. The van der Waals surface area contributed by atoms with Gasteiger partial charge < -0.3 is 44.0 Å². The van der Waals surface area contributed by atoms with E-state index in [1.54, 1.807) is 4.98 Å². The fourth-order valence-corrected chi connectivity index (χ4v) is 7.93. The number of aliphatic hydroxyl groups is 2. The Morgan fingerprint density at radius 3 is 1.99 bits per heavy atom. The van der Waals surface area contributed by atoms with E-state index in [4.69, 9.17) is 18.6 Å². The molecule has 81 heavy (non-hydrogen) atoms. The highest BCUT2D eigenvalue weighted by molar-refractivity contribution is 6.09. The number of phenols is 1. The van der Waals surface area contributed by atoms with E-state index >= 15 is 17.6 Å². The van der Waals surface area contributed by atoms with Crippen molar-refractivity contribution in [1.82, 2.24) is 14.9 Å². The molecular weight excluding hydrogens is 1160 g/mol. The van der Waals surface area contributed by atoms with E-state index in [0.717, 1.165) is 25.4 Å². The third-order valence-corrected chi connectivity index (χ3v) is 12.2. The van der Waals surface area contributed by atoms with E-state index in [-0.39, 0.29) is 50.4 Å². The number of esters is 2. The van der Waals surface area contributed by atoms with Gasteiger partial charge in [0.15, 0.2) is 11.7 Å². The van der Waals surface area contributed by atoms with Gasteiger partial charge in [-0.2, -0.15) is 74.6 Å². The molecule has 35 heteroatoms. The summed E-state index contributed by atoms with van der Waals surface area (Å²) in [6.45, 7) is -4.32. The number of benzene rings is 3. The number of aliphatic hydroxyl groups excluding tert-OH is 2. The van der Waals surface area contributed by atoms with E-state index in [1.165, 1.54) is 42.5 Å². The minimum absolute atomic E-state index is 0.00602. The summed E-state index contributed by atoms with van der Waals surface area (Å²) in [6.07, 6.45) is -18.5. The van der Waals surface area contributed by atoms with Gasteiger partial charge in [0.1, 0.15) is 42.0 Å². The molecule has 444 valence electrons. The van der Waals surface area contributed by atoms with Gasteiger partial charge in [0, 0.05) is 65.7 Å². The number of hydrogen-bond acceptors (Lipinski definition) is 15. The van der Waals surface area contributed by atoms with Crippen molar-refractivity contribution >= 4 is 34.5 Å². The first-order chi connectivity index (χ1) is 37.3. The van der Waals surface area contributed by atoms with Crippen molar-refractivity contribution in [2.24, 2.45) is 0 Å². The number of aromatic hydroxyl groups is 1. The van der Waals surface area contributed by atoms with Gasteiger partial charge >= 0.3 is 65.4 Å². The molecule has 3 heterocycles. The molecule has 6 rings (SSSR count). The van der Waals surface area contributed by atoms with E-state index in [0.29, 0.717) is 16.0 Å². The number of aromatic nitrogens is 2. The number of rotatable bonds is 22. The maximum Gasteiger partial charge on any atom is 0.460 e. The second kappa shape index (κ2) is 22.5. The summed E-state index contributed by atoms with van der Waals surface area (Å²) >= 11 is 0. The van der Waals surface area contributed by atoms with Crippen molar-refractivity contribution in [3.05, 3.63) is 103 Å². The number of fused-ring (bicyclic) bond motifs is 2. The highest BCUT2D eigenvalue weighted by Crippen LogP contribution is 2.64. The summed E-state index contributed by atoms with van der Waals surface area (Å²) in [6, 6.07) is 1.61. The predicted octanol–water partition coefficient (Wildman–Crippen LogP) is 6.82. The minimum Gasteiger partial charge on any atom is -0.508 e. The maximum absolute atomic E-state index is 15.3. The molecule has 1 aromatic heterocycles. The number of nitrogens with one attached hydrogen (secondary N) is 3. The molecule has 1 fully saturated rings. The molecule has 1 amide bonds. The quantitative estimate of drug-likeness (QED) is 0.0180. The van der Waals surface area contributed by atoms with E-state index in [1.807, 2.05) is 0 Å². The van der Waals surface area contributed by atoms with E-state index in [2.05, 4.69) is 10.1 Å². The fraction of sp³-hybridized carbons (Fsp3) is 0.435. The molecule has 3 aromatic rings. The van der Waals surface area contributed by atoms with Crippen LogP contribution < -0.4 is 27.3 Å². The van der Waals surface area contributed by atoms with E-state index in [9.17, 15) is 101 Å². The number of anilines is 1. The van der Waals surface area contributed by atoms with Crippen LogP contribution >= 0.6 is 0 Å². The molecule has 0 bridgehead atoms. The van der Waals surface area contributed by atoms with Crippen LogP contribution in [0, 0.1) is 0 Å². The van der Waals surface area contributed by atoms with Gasteiger partial charge in [0.2, 0.25) is 5.91 Å². The Morgan fingerprint density at radius 2 is 1.38 bits per heavy atom. The molecule has 5 unspecified atom stereocenters. The number of methoxy groups -OCH3 is 1. The zero-order chi connectivity index (χ0) is 60.8. The average Bonchev–Trinajstić information content (AvgIpc) is 3.83. The number of alkyl halides is 17. The summed E-state index contributed by atoms with van der Waals surface area (Å²) in [5.41, 5.74) is -2.59. The van der Waals surface area contributed by atoms with Crippen molar-refractivity contribution in [2.75, 3.05) is 32.2 Å². The van der Waals surface area contributed by atoms with Crippen molar-refractivity contribution in [1.29, 1.82) is 0 Å². The van der Waals surface area contributed by atoms with Crippen LogP contribution in [0.4, 0.5) is 80.3 Å². The van der Waals surface area contributed by atoms with Crippen LogP contribution in [0.5, 0.6) is 5.75 Å². The molecule has 0 saturated carbocycles. The summed E-state index contributed by atoms with van der Waals surface area (Å²) < 4.78 is 266. The Balaban J connectivity index is 1.23. The number of nitrogens with zero attached hydrogens (tertiary/aromatic N) is 1. The van der Waals surface area contributed by atoms with Crippen molar-refractivity contribution in [3.8, 4) is 28.2 Å². The lowest BCUT2D eigenvalue weighted by Crippen LogP contribution is -2.76. The number of hydrogen-bond donors (Lipinski definition) is 6. The smallest absolute Gasteiger partial charge is 0.460 e. The summed E-state index contributed by atoms with van der Waals surface area (Å²) in [5.74, 6) is -56.1. The van der Waals surface area contributed by atoms with Crippen LogP contribution in [-0.2, 0) is 28.5 Å². The minimum atomic E-state index is -8.94. The van der Waals surface area contributed by atoms with Gasteiger partial charge in [0.25, 0.3) is 5.56 Å². The first-order valence-electron chi connectivity index (χ1n) is 22.5. The normalized spacial score (nSPS) is 18.3. The van der Waals surface area contributed by atoms with Gasteiger partial charge in [-0.3, -0.25) is 28.7 Å². The number of halogens is 17. The Kier molecular flexibility index (Phi) is 17.5. The van der Waals surface area contributed by atoms with Gasteiger partial charge in [-0.15, -0.1) is 0 Å². The Morgan fingerprint density at radius 1 is 0.765 bits per heavy atom. The number of ether oxygens (including phenoxy) is 4. The van der Waals surface area contributed by atoms with Crippen LogP contribution in [0.25, 0.3) is 33.4 Å². The lowest BCUT2D eigenvalue weighted by Gasteiger charge is -2.43. The van der Waals surface area contributed by atoms with E-state index < -0.39 is 152 Å². The van der Waals surface area contributed by atoms with Crippen molar-refractivity contribution in [3.63, 3.8) is 0 Å². The molecule has 6 N–H and O–H groups in total. The van der Waals surface area contributed by atoms with Crippen LogP contribution in [0.3, 0.4) is 0 Å². The van der Waals surface area contributed by atoms with Crippen LogP contribution in [0.1, 0.15) is 35.8 Å². The number of carbonyl (C=O) groups is 3. The zero-order valence-electron chi connectivity index (χ0n) is 40.2. The third-order valence-electron chi connectivity index (χ3n) is 12.2. The second-order valence-corrected chi connectivity index (χ2v) is 17.5. The lowest BCUT2D eigenvalue weighted by atomic mass is 9.90. The molecule has 1 saturated heterocycles. The molecule has 0 spiro atoms. The Bertz CT molecular complexity index is 3320. The average molecular weight is 1190 g/mol. The number of H-pyrrole nitrogens is 1. The Hall–Kier alpha value is -7.37. The first-order valence-corrected chi connectivity index (χ1v) is 22.5. The molecule has 2 aliphatic heterocycles. The van der Waals surface area contributed by atoms with Gasteiger partial charge in [-0.25, -0.2) is 14.9 Å². The number of phenolic OH excluding ortho intramolecular Hbond substituents is 1. The molecule has 3 aliphatic rings. The van der Waals surface area contributed by atoms with Crippen LogP contribution in [0.15, 0.2) is 85.7 Å².